The van der Waals surface area contributed by atoms with Gasteiger partial charge in [-0.3, -0.25) is 0 Å². The van der Waals surface area contributed by atoms with Crippen molar-refractivity contribution in [1.29, 1.82) is 0 Å². The smallest absolute Gasteiger partial charge is 0.0463 e. The molecule has 0 saturated heterocycles. The molecule has 0 spiro atoms. The van der Waals surface area contributed by atoms with E-state index >= 15 is 0 Å². The van der Waals surface area contributed by atoms with Crippen molar-refractivity contribution in [3.05, 3.63) is 350 Å². The average Bonchev–Trinajstić information content (AvgIpc) is 3.60. The largest absolute Gasteiger partial charge is 0.311 e. The first-order valence-corrected chi connectivity index (χ1v) is 27.1. The van der Waals surface area contributed by atoms with Gasteiger partial charge in [0.1, 0.15) is 0 Å². The van der Waals surface area contributed by atoms with Crippen molar-refractivity contribution in [2.75, 3.05) is 19.6 Å². The van der Waals surface area contributed by atoms with E-state index in [1.807, 2.05) is 12.1 Å². The summed E-state index contributed by atoms with van der Waals surface area (Å²) in [5.74, 6) is 0. The Balaban J connectivity index is 0.883. The predicted octanol–water partition coefficient (Wildman–Crippen LogP) is 21.6. The fourth-order valence-corrected chi connectivity index (χ4v) is 10.2. The lowest BCUT2D eigenvalue weighted by molar-refractivity contribution is 1.24. The standard InChI is InChI=1S/C76H58N4/c1-7-19-59(20-8-1)31-33-61-35-43-69(44-36-61)78(67-27-15-5-16-28-67)73-51-55-75(56-52-73)80(72-49-41-64(42-50-72)63-39-47-71(48-40-63)77(65-23-11-3-12-24-65)66-25-13-4-14-26-66)76-57-53-74(54-58-76)79(68-29-17-6-18-30-68)70-45-37-62(38-46-70)34-32-60-21-9-2-10-22-60/h1-58H. The summed E-state index contributed by atoms with van der Waals surface area (Å²) < 4.78 is 0. The number of benzene rings is 12. The van der Waals surface area contributed by atoms with E-state index in [1.54, 1.807) is 0 Å². The fourth-order valence-electron chi connectivity index (χ4n) is 10.2. The molecule has 0 aliphatic heterocycles. The molecule has 0 bridgehead atoms. The van der Waals surface area contributed by atoms with Gasteiger partial charge in [0.25, 0.3) is 0 Å². The Morgan fingerprint density at radius 1 is 0.138 bits per heavy atom. The topological polar surface area (TPSA) is 13.0 Å². The lowest BCUT2D eigenvalue weighted by Crippen LogP contribution is -2.13. The second-order valence-corrected chi connectivity index (χ2v) is 19.5. The van der Waals surface area contributed by atoms with Crippen LogP contribution in [0.15, 0.2) is 328 Å². The molecule has 80 heavy (non-hydrogen) atoms. The zero-order valence-electron chi connectivity index (χ0n) is 44.3. The Kier molecular flexibility index (Phi) is 15.1. The Hall–Kier alpha value is -10.7. The van der Waals surface area contributed by atoms with Crippen LogP contribution in [0.25, 0.3) is 35.4 Å². The third-order valence-electron chi connectivity index (χ3n) is 14.2. The third-order valence-corrected chi connectivity index (χ3v) is 14.2. The zero-order valence-corrected chi connectivity index (χ0v) is 44.3. The highest BCUT2D eigenvalue weighted by molar-refractivity contribution is 5.86. The van der Waals surface area contributed by atoms with E-state index in [1.165, 1.54) is 11.1 Å². The van der Waals surface area contributed by atoms with Crippen LogP contribution in [-0.2, 0) is 0 Å². The SMILES string of the molecule is C(=Cc1ccc(N(c2ccccc2)c2ccc(N(c3ccc(-c4ccc(N(c5ccccc5)c5ccccc5)cc4)cc3)c3ccc(N(c4ccccc4)c4ccc(C=Cc5ccccc5)cc4)cc3)cc2)cc1)c1ccccc1. The molecule has 0 heterocycles. The highest BCUT2D eigenvalue weighted by Gasteiger charge is 2.19. The molecule has 382 valence electrons. The third kappa shape index (κ3) is 11.7. The van der Waals surface area contributed by atoms with Crippen LogP contribution in [0.4, 0.5) is 68.2 Å². The molecular formula is C76H58N4. The molecule has 0 fully saturated rings. The lowest BCUT2D eigenvalue weighted by atomic mass is 10.0. The summed E-state index contributed by atoms with van der Waals surface area (Å²) in [5.41, 5.74) is 19.8. The van der Waals surface area contributed by atoms with Crippen LogP contribution in [0.5, 0.6) is 0 Å². The van der Waals surface area contributed by atoms with Gasteiger partial charge < -0.3 is 19.6 Å². The molecule has 4 nitrogen and oxygen atoms in total. The van der Waals surface area contributed by atoms with Gasteiger partial charge in [0.15, 0.2) is 0 Å². The van der Waals surface area contributed by atoms with Crippen LogP contribution in [0.1, 0.15) is 22.3 Å². The van der Waals surface area contributed by atoms with E-state index in [-0.39, 0.29) is 0 Å². The maximum atomic E-state index is 2.35. The maximum Gasteiger partial charge on any atom is 0.0463 e. The van der Waals surface area contributed by atoms with Gasteiger partial charge >= 0.3 is 0 Å². The van der Waals surface area contributed by atoms with Gasteiger partial charge in [-0.25, -0.2) is 0 Å². The van der Waals surface area contributed by atoms with Crippen molar-refractivity contribution in [3.63, 3.8) is 0 Å². The number of hydrogen-bond acceptors (Lipinski definition) is 4. The van der Waals surface area contributed by atoms with E-state index < -0.39 is 0 Å². The van der Waals surface area contributed by atoms with Gasteiger partial charge in [-0.2, -0.15) is 0 Å². The first-order chi connectivity index (χ1) is 39.7. The summed E-state index contributed by atoms with van der Waals surface area (Å²) in [6, 6.07) is 116. The van der Waals surface area contributed by atoms with Crippen molar-refractivity contribution in [3.8, 4) is 11.1 Å². The molecule has 0 aliphatic rings. The van der Waals surface area contributed by atoms with Crippen LogP contribution in [0.3, 0.4) is 0 Å². The van der Waals surface area contributed by atoms with E-state index in [4.69, 9.17) is 0 Å². The molecule has 0 radical (unpaired) electrons. The molecule has 0 atom stereocenters. The molecule has 0 aromatic heterocycles. The van der Waals surface area contributed by atoms with Crippen LogP contribution in [0.2, 0.25) is 0 Å². The molecule has 4 heteroatoms. The summed E-state index contributed by atoms with van der Waals surface area (Å²) in [7, 11) is 0. The van der Waals surface area contributed by atoms with Gasteiger partial charge in [-0.05, 0) is 179 Å². The predicted molar refractivity (Wildman–Crippen MR) is 341 cm³/mol. The van der Waals surface area contributed by atoms with Crippen LogP contribution in [0, 0.1) is 0 Å². The molecule has 12 rings (SSSR count). The summed E-state index contributed by atoms with van der Waals surface area (Å²) in [5, 5.41) is 0. The molecule has 12 aromatic carbocycles. The Bertz CT molecular complexity index is 3690. The van der Waals surface area contributed by atoms with Gasteiger partial charge in [0.2, 0.25) is 0 Å². The van der Waals surface area contributed by atoms with Gasteiger partial charge in [-0.15, -0.1) is 0 Å². The molecule has 0 N–H and O–H groups in total. The van der Waals surface area contributed by atoms with Crippen molar-refractivity contribution < 1.29 is 0 Å². The lowest BCUT2D eigenvalue weighted by Gasteiger charge is -2.29. The molecule has 12 aromatic rings. The number of para-hydroxylation sites is 4. The van der Waals surface area contributed by atoms with Crippen molar-refractivity contribution in [2.24, 2.45) is 0 Å². The Morgan fingerprint density at radius 3 is 0.500 bits per heavy atom. The minimum Gasteiger partial charge on any atom is -0.311 e. The van der Waals surface area contributed by atoms with Gasteiger partial charge in [0, 0.05) is 68.2 Å². The fraction of sp³-hybridized carbons (Fsp3) is 0. The van der Waals surface area contributed by atoms with Gasteiger partial charge in [-0.1, -0.05) is 206 Å². The van der Waals surface area contributed by atoms with E-state index in [0.29, 0.717) is 0 Å². The minimum atomic E-state index is 1.04. The Morgan fingerprint density at radius 2 is 0.287 bits per heavy atom. The Labute approximate surface area is 470 Å². The highest BCUT2D eigenvalue weighted by atomic mass is 15.2. The van der Waals surface area contributed by atoms with Gasteiger partial charge in [0.05, 0.1) is 0 Å². The molecule has 0 aliphatic carbocycles. The maximum absolute atomic E-state index is 2.35. The first-order valence-electron chi connectivity index (χ1n) is 27.1. The quantitative estimate of drug-likeness (QED) is 0.0843. The van der Waals surface area contributed by atoms with Crippen LogP contribution >= 0.6 is 0 Å². The minimum absolute atomic E-state index is 1.04. The zero-order chi connectivity index (χ0) is 53.7. The van der Waals surface area contributed by atoms with Crippen LogP contribution < -0.4 is 19.6 Å². The monoisotopic (exact) mass is 1030 g/mol. The van der Waals surface area contributed by atoms with Crippen molar-refractivity contribution >= 4 is 92.6 Å². The summed E-state index contributed by atoms with van der Waals surface area (Å²) in [4.78, 5) is 9.27. The second-order valence-electron chi connectivity index (χ2n) is 19.5. The summed E-state index contributed by atoms with van der Waals surface area (Å²) >= 11 is 0. The molecule has 0 saturated carbocycles. The summed E-state index contributed by atoms with van der Waals surface area (Å²) in [6.45, 7) is 0. The van der Waals surface area contributed by atoms with E-state index in [2.05, 4.69) is 359 Å². The van der Waals surface area contributed by atoms with E-state index in [0.717, 1.165) is 90.5 Å². The number of anilines is 12. The highest BCUT2D eigenvalue weighted by Crippen LogP contribution is 2.43. The number of hydrogen-bond donors (Lipinski definition) is 0. The molecule has 0 unspecified atom stereocenters. The number of rotatable bonds is 17. The molecule has 0 amide bonds. The molecular weight excluding hydrogens is 969 g/mol. The normalized spacial score (nSPS) is 11.2. The van der Waals surface area contributed by atoms with Crippen LogP contribution in [-0.4, -0.2) is 0 Å². The average molecular weight is 1030 g/mol. The van der Waals surface area contributed by atoms with E-state index in [9.17, 15) is 0 Å². The summed E-state index contributed by atoms with van der Waals surface area (Å²) in [6.07, 6.45) is 8.64. The van der Waals surface area contributed by atoms with Crippen molar-refractivity contribution in [2.45, 2.75) is 0 Å². The second kappa shape index (κ2) is 24.1. The number of nitrogens with zero attached hydrogens (tertiary/aromatic N) is 4. The first kappa shape index (κ1) is 50.2. The van der Waals surface area contributed by atoms with Crippen molar-refractivity contribution in [1.82, 2.24) is 0 Å².